The summed E-state index contributed by atoms with van der Waals surface area (Å²) in [4.78, 5) is 20.9. The van der Waals surface area contributed by atoms with Gasteiger partial charge in [-0.05, 0) is 30.3 Å². The smallest absolute Gasteiger partial charge is 0.251 e. The maximum absolute atomic E-state index is 12.4. The Labute approximate surface area is 167 Å². The highest BCUT2D eigenvalue weighted by Crippen LogP contribution is 2.21. The summed E-state index contributed by atoms with van der Waals surface area (Å²) < 4.78 is 26.7. The van der Waals surface area contributed by atoms with Gasteiger partial charge in [0, 0.05) is 35.4 Å². The van der Waals surface area contributed by atoms with Crippen LogP contribution in [0, 0.1) is 0 Å². The van der Waals surface area contributed by atoms with Crippen molar-refractivity contribution in [1.29, 1.82) is 0 Å². The summed E-state index contributed by atoms with van der Waals surface area (Å²) in [6.45, 7) is 3.84. The molecular formula is C19H18N4O3S2. The Morgan fingerprint density at radius 2 is 2.00 bits per heavy atom. The average Bonchev–Trinajstić information content (AvgIpc) is 3.20. The number of carbonyl (C=O) groups is 1. The van der Waals surface area contributed by atoms with E-state index in [9.17, 15) is 13.2 Å². The van der Waals surface area contributed by atoms with Gasteiger partial charge < -0.3 is 5.32 Å². The number of benzene rings is 1. The summed E-state index contributed by atoms with van der Waals surface area (Å²) in [6.07, 6.45) is 4.84. The van der Waals surface area contributed by atoms with Crippen molar-refractivity contribution >= 4 is 27.3 Å². The van der Waals surface area contributed by atoms with Gasteiger partial charge in [-0.1, -0.05) is 12.1 Å². The minimum atomic E-state index is -3.69. The molecule has 2 N–H and O–H groups in total. The topological polar surface area (TPSA) is 101 Å². The quantitative estimate of drug-likeness (QED) is 0.552. The molecular weight excluding hydrogens is 396 g/mol. The summed E-state index contributed by atoms with van der Waals surface area (Å²) >= 11 is 1.44. The maximum atomic E-state index is 12.4. The number of nitrogens with zero attached hydrogens (tertiary/aromatic N) is 2. The standard InChI is InChI=1S/C19H18N4O3S2/c1-2-8-22-28(25,26)16-5-3-4-15(11-16)19(24)21-12-18-23-17(13-27-18)14-6-9-20-10-7-14/h2-7,9-11,13,22H,1,8,12H2,(H,21,24). The van der Waals surface area contributed by atoms with E-state index >= 15 is 0 Å². The minimum Gasteiger partial charge on any atom is -0.346 e. The number of hydrogen-bond donors (Lipinski definition) is 2. The molecule has 144 valence electrons. The second-order valence-electron chi connectivity index (χ2n) is 5.71. The van der Waals surface area contributed by atoms with E-state index in [4.69, 9.17) is 0 Å². The molecule has 0 fully saturated rings. The van der Waals surface area contributed by atoms with Gasteiger partial charge in [-0.3, -0.25) is 9.78 Å². The summed E-state index contributed by atoms with van der Waals surface area (Å²) in [7, 11) is -3.69. The third-order valence-corrected chi connectivity index (χ3v) is 6.02. The van der Waals surface area contributed by atoms with Crippen LogP contribution in [0.15, 0.2) is 71.7 Å². The van der Waals surface area contributed by atoms with Crippen molar-refractivity contribution in [2.45, 2.75) is 11.4 Å². The Hall–Kier alpha value is -2.88. The first-order valence-corrected chi connectivity index (χ1v) is 10.7. The molecule has 0 atom stereocenters. The van der Waals surface area contributed by atoms with Gasteiger partial charge in [0.1, 0.15) is 5.01 Å². The number of pyridine rings is 1. The fourth-order valence-electron chi connectivity index (χ4n) is 2.36. The molecule has 0 aliphatic heterocycles. The third kappa shape index (κ3) is 4.89. The van der Waals surface area contributed by atoms with Gasteiger partial charge >= 0.3 is 0 Å². The van der Waals surface area contributed by atoms with Crippen molar-refractivity contribution in [3.63, 3.8) is 0 Å². The molecule has 3 aromatic rings. The molecule has 3 rings (SSSR count). The fourth-order valence-corrected chi connectivity index (χ4v) is 4.15. The zero-order valence-electron chi connectivity index (χ0n) is 14.8. The van der Waals surface area contributed by atoms with Gasteiger partial charge in [0.05, 0.1) is 17.1 Å². The molecule has 7 nitrogen and oxygen atoms in total. The molecule has 2 aromatic heterocycles. The van der Waals surface area contributed by atoms with Crippen molar-refractivity contribution in [3.05, 3.63) is 77.4 Å². The number of rotatable bonds is 8. The lowest BCUT2D eigenvalue weighted by atomic mass is 10.2. The molecule has 0 radical (unpaired) electrons. The van der Waals surface area contributed by atoms with Gasteiger partial charge in [0.15, 0.2) is 0 Å². The van der Waals surface area contributed by atoms with Crippen LogP contribution >= 0.6 is 11.3 Å². The molecule has 0 saturated heterocycles. The number of hydrogen-bond acceptors (Lipinski definition) is 6. The highest BCUT2D eigenvalue weighted by atomic mass is 32.2. The fraction of sp³-hybridized carbons (Fsp3) is 0.105. The van der Waals surface area contributed by atoms with Crippen molar-refractivity contribution in [2.24, 2.45) is 0 Å². The Kier molecular flexibility index (Phi) is 6.30. The molecule has 0 unspecified atom stereocenters. The normalized spacial score (nSPS) is 11.1. The number of carbonyl (C=O) groups excluding carboxylic acids is 1. The van der Waals surface area contributed by atoms with Gasteiger partial charge in [-0.25, -0.2) is 18.1 Å². The third-order valence-electron chi connectivity index (χ3n) is 3.75. The average molecular weight is 415 g/mol. The van der Waals surface area contributed by atoms with Gasteiger partial charge in [-0.2, -0.15) is 0 Å². The van der Waals surface area contributed by atoms with Crippen LogP contribution in [0.1, 0.15) is 15.4 Å². The number of nitrogens with one attached hydrogen (secondary N) is 2. The van der Waals surface area contributed by atoms with E-state index in [1.54, 1.807) is 18.5 Å². The summed E-state index contributed by atoms with van der Waals surface area (Å²) in [5, 5.41) is 5.43. The molecule has 1 aromatic carbocycles. The van der Waals surface area contributed by atoms with E-state index in [0.29, 0.717) is 0 Å². The second-order valence-corrected chi connectivity index (χ2v) is 8.42. The Morgan fingerprint density at radius 1 is 1.21 bits per heavy atom. The van der Waals surface area contributed by atoms with Crippen LogP contribution in [0.5, 0.6) is 0 Å². The maximum Gasteiger partial charge on any atom is 0.251 e. The molecule has 0 aliphatic carbocycles. The molecule has 28 heavy (non-hydrogen) atoms. The first kappa shape index (κ1) is 19.9. The number of sulfonamides is 1. The Balaban J connectivity index is 1.67. The van der Waals surface area contributed by atoms with Crippen molar-refractivity contribution in [2.75, 3.05) is 6.54 Å². The van der Waals surface area contributed by atoms with E-state index in [-0.39, 0.29) is 29.5 Å². The van der Waals surface area contributed by atoms with E-state index in [0.717, 1.165) is 16.3 Å². The monoisotopic (exact) mass is 414 g/mol. The lowest BCUT2D eigenvalue weighted by molar-refractivity contribution is 0.0950. The van der Waals surface area contributed by atoms with Gasteiger partial charge in [0.25, 0.3) is 5.91 Å². The minimum absolute atomic E-state index is 0.0243. The number of amides is 1. The van der Waals surface area contributed by atoms with Crippen molar-refractivity contribution in [3.8, 4) is 11.3 Å². The largest absolute Gasteiger partial charge is 0.346 e. The van der Waals surface area contributed by atoms with E-state index < -0.39 is 10.0 Å². The Bertz CT molecular complexity index is 1080. The molecule has 0 bridgehead atoms. The molecule has 9 heteroatoms. The highest BCUT2D eigenvalue weighted by Gasteiger charge is 2.15. The van der Waals surface area contributed by atoms with Crippen LogP contribution in [-0.2, 0) is 16.6 Å². The first-order valence-electron chi connectivity index (χ1n) is 8.33. The second kappa shape index (κ2) is 8.87. The van der Waals surface area contributed by atoms with Crippen LogP contribution in [0.3, 0.4) is 0 Å². The molecule has 0 aliphatic rings. The molecule has 0 spiro atoms. The van der Waals surface area contributed by atoms with E-state index in [1.165, 1.54) is 35.6 Å². The van der Waals surface area contributed by atoms with Crippen molar-refractivity contribution < 1.29 is 13.2 Å². The highest BCUT2D eigenvalue weighted by molar-refractivity contribution is 7.89. The van der Waals surface area contributed by atoms with Gasteiger partial charge in [-0.15, -0.1) is 17.9 Å². The Morgan fingerprint density at radius 3 is 2.75 bits per heavy atom. The predicted molar refractivity (Wildman–Crippen MR) is 108 cm³/mol. The first-order chi connectivity index (χ1) is 13.5. The van der Waals surface area contributed by atoms with E-state index in [2.05, 4.69) is 26.6 Å². The number of aromatic nitrogens is 2. The van der Waals surface area contributed by atoms with E-state index in [1.807, 2.05) is 17.5 Å². The van der Waals surface area contributed by atoms with Crippen LogP contribution < -0.4 is 10.0 Å². The summed E-state index contributed by atoms with van der Waals surface area (Å²) in [5.74, 6) is -0.374. The predicted octanol–water partition coefficient (Wildman–Crippen LogP) is 2.60. The molecule has 0 saturated carbocycles. The van der Waals surface area contributed by atoms with Crippen LogP contribution in [0.4, 0.5) is 0 Å². The summed E-state index contributed by atoms with van der Waals surface area (Å²) in [6, 6.07) is 9.59. The summed E-state index contributed by atoms with van der Waals surface area (Å²) in [5.41, 5.74) is 2.03. The molecule has 1 amide bonds. The SMILES string of the molecule is C=CCNS(=O)(=O)c1cccc(C(=O)NCc2nc(-c3ccncc3)cs2)c1. The number of thiazole rings is 1. The van der Waals surface area contributed by atoms with Crippen molar-refractivity contribution in [1.82, 2.24) is 20.0 Å². The van der Waals surface area contributed by atoms with Gasteiger partial charge in [0.2, 0.25) is 10.0 Å². The van der Waals surface area contributed by atoms with Crippen LogP contribution in [0.2, 0.25) is 0 Å². The lowest BCUT2D eigenvalue weighted by Crippen LogP contribution is -2.25. The zero-order valence-corrected chi connectivity index (χ0v) is 16.5. The van der Waals surface area contributed by atoms with Crippen LogP contribution in [0.25, 0.3) is 11.3 Å². The zero-order chi connectivity index (χ0) is 20.0. The van der Waals surface area contributed by atoms with Crippen LogP contribution in [-0.4, -0.2) is 30.8 Å². The lowest BCUT2D eigenvalue weighted by Gasteiger charge is -2.07. The molecule has 2 heterocycles.